The summed E-state index contributed by atoms with van der Waals surface area (Å²) in [6.07, 6.45) is 3.22. The van der Waals surface area contributed by atoms with Gasteiger partial charge in [0.2, 0.25) is 0 Å². The molecule has 226 valence electrons. The van der Waals surface area contributed by atoms with Crippen LogP contribution in [0.4, 0.5) is 27.1 Å². The van der Waals surface area contributed by atoms with E-state index in [1.807, 2.05) is 60.7 Å². The highest BCUT2D eigenvalue weighted by Gasteiger charge is 2.15. The number of carbonyl (C=O) groups excluding carboxylic acids is 2. The van der Waals surface area contributed by atoms with E-state index < -0.39 is 0 Å². The summed E-state index contributed by atoms with van der Waals surface area (Å²) in [5.41, 5.74) is 4.48. The third kappa shape index (κ3) is 7.70. The Hall–Kier alpha value is -5.22. The quantitative estimate of drug-likeness (QED) is 0.151. The van der Waals surface area contributed by atoms with Gasteiger partial charge in [0.1, 0.15) is 0 Å². The molecule has 2 N–H and O–H groups in total. The molecule has 46 heavy (non-hydrogen) atoms. The average Bonchev–Trinajstić information content (AvgIpc) is 3.70. The van der Waals surface area contributed by atoms with Gasteiger partial charge in [-0.15, -0.1) is 22.7 Å². The van der Waals surface area contributed by atoms with Gasteiger partial charge in [0.25, 0.3) is 11.8 Å². The third-order valence-electron chi connectivity index (χ3n) is 6.73. The number of anilines is 2. The zero-order chi connectivity index (χ0) is 31.9. The van der Waals surface area contributed by atoms with Gasteiger partial charge in [0, 0.05) is 33.6 Å². The van der Waals surface area contributed by atoms with Crippen LogP contribution in [0, 0.1) is 5.13 Å². The summed E-state index contributed by atoms with van der Waals surface area (Å²) in [7, 11) is 0. The minimum atomic E-state index is -0.344. The molecule has 4 aromatic carbocycles. The Kier molecular flexibility index (Phi) is 9.54. The molecule has 2 aromatic heterocycles. The van der Waals surface area contributed by atoms with Gasteiger partial charge in [-0.05, 0) is 83.9 Å². The molecule has 0 spiro atoms. The van der Waals surface area contributed by atoms with Gasteiger partial charge in [-0.2, -0.15) is 4.39 Å². The monoisotopic (exact) mass is 662 g/mol. The first-order valence-electron chi connectivity index (χ1n) is 14.0. The Morgan fingerprint density at radius 2 is 1.24 bits per heavy atom. The SMILES string of the molecule is O=C(Nc1cccc(-c2ccc(N=Cc3ccc(Cl)s3)c(C(=O)Nc3ccccc3)c2)c1)c1ccccc1N=Cc1ccc(F)s1. The molecule has 0 fully saturated rings. The van der Waals surface area contributed by atoms with Crippen molar-refractivity contribution in [2.24, 2.45) is 9.98 Å². The number of rotatable bonds is 9. The van der Waals surface area contributed by atoms with Crippen molar-refractivity contribution in [3.05, 3.63) is 152 Å². The number of para-hydroxylation sites is 2. The van der Waals surface area contributed by atoms with Gasteiger partial charge in [0.15, 0.2) is 5.13 Å². The van der Waals surface area contributed by atoms with Crippen molar-refractivity contribution in [1.82, 2.24) is 0 Å². The second-order valence-electron chi connectivity index (χ2n) is 9.90. The van der Waals surface area contributed by atoms with Crippen molar-refractivity contribution >= 4 is 81.3 Å². The van der Waals surface area contributed by atoms with Crippen molar-refractivity contribution in [3.8, 4) is 11.1 Å². The molecule has 10 heteroatoms. The minimum Gasteiger partial charge on any atom is -0.322 e. The van der Waals surface area contributed by atoms with Gasteiger partial charge in [0.05, 0.1) is 26.8 Å². The van der Waals surface area contributed by atoms with Crippen LogP contribution >= 0.6 is 34.3 Å². The number of aliphatic imine (C=N–C) groups is 2. The fourth-order valence-corrected chi connectivity index (χ4v) is 6.08. The smallest absolute Gasteiger partial charge is 0.257 e. The number of nitrogens with zero attached hydrogens (tertiary/aromatic N) is 2. The van der Waals surface area contributed by atoms with Crippen LogP contribution in [-0.4, -0.2) is 24.2 Å². The van der Waals surface area contributed by atoms with Crippen LogP contribution in [-0.2, 0) is 0 Å². The second kappa shape index (κ2) is 14.3. The van der Waals surface area contributed by atoms with Crippen LogP contribution in [0.2, 0.25) is 4.34 Å². The number of thiophene rings is 2. The molecule has 6 aromatic rings. The topological polar surface area (TPSA) is 82.9 Å². The van der Waals surface area contributed by atoms with Crippen LogP contribution in [0.3, 0.4) is 0 Å². The van der Waals surface area contributed by atoms with Crippen molar-refractivity contribution in [2.45, 2.75) is 0 Å². The van der Waals surface area contributed by atoms with E-state index >= 15 is 0 Å². The molecule has 6 rings (SSSR count). The zero-order valence-electron chi connectivity index (χ0n) is 24.0. The van der Waals surface area contributed by atoms with E-state index in [9.17, 15) is 14.0 Å². The maximum Gasteiger partial charge on any atom is 0.257 e. The average molecular weight is 663 g/mol. The highest BCUT2D eigenvalue weighted by molar-refractivity contribution is 7.17. The van der Waals surface area contributed by atoms with Gasteiger partial charge < -0.3 is 10.6 Å². The Morgan fingerprint density at radius 1 is 0.609 bits per heavy atom. The van der Waals surface area contributed by atoms with Crippen molar-refractivity contribution < 1.29 is 14.0 Å². The summed E-state index contributed by atoms with van der Waals surface area (Å²) in [6, 6.07) is 35.6. The Labute approximate surface area is 277 Å². The lowest BCUT2D eigenvalue weighted by molar-refractivity contribution is 0.101. The Morgan fingerprint density at radius 3 is 1.98 bits per heavy atom. The molecule has 0 aliphatic heterocycles. The lowest BCUT2D eigenvalue weighted by Crippen LogP contribution is -2.12. The predicted molar refractivity (Wildman–Crippen MR) is 189 cm³/mol. The number of amides is 2. The number of nitrogens with one attached hydrogen (secondary N) is 2. The van der Waals surface area contributed by atoms with E-state index in [2.05, 4.69) is 20.6 Å². The number of hydrogen-bond donors (Lipinski definition) is 2. The molecule has 2 heterocycles. The van der Waals surface area contributed by atoms with Crippen molar-refractivity contribution in [2.75, 3.05) is 10.6 Å². The molecule has 6 nitrogen and oxygen atoms in total. The van der Waals surface area contributed by atoms with Crippen LogP contribution in [0.15, 0.2) is 131 Å². The van der Waals surface area contributed by atoms with E-state index in [1.165, 1.54) is 23.6 Å². The van der Waals surface area contributed by atoms with Gasteiger partial charge in [-0.25, -0.2) is 0 Å². The summed E-state index contributed by atoms with van der Waals surface area (Å²) < 4.78 is 14.0. The Balaban J connectivity index is 1.27. The van der Waals surface area contributed by atoms with Crippen LogP contribution < -0.4 is 10.6 Å². The summed E-state index contributed by atoms with van der Waals surface area (Å²) in [4.78, 5) is 37.3. The first-order chi connectivity index (χ1) is 22.4. The first kappa shape index (κ1) is 30.8. The maximum absolute atomic E-state index is 13.5. The van der Waals surface area contributed by atoms with Gasteiger partial charge in [-0.1, -0.05) is 60.1 Å². The molecule has 0 saturated heterocycles. The second-order valence-corrected chi connectivity index (χ2v) is 12.7. The highest BCUT2D eigenvalue weighted by Crippen LogP contribution is 2.31. The van der Waals surface area contributed by atoms with Gasteiger partial charge >= 0.3 is 0 Å². The fourth-order valence-electron chi connectivity index (χ4n) is 4.54. The predicted octanol–water partition coefficient (Wildman–Crippen LogP) is 10.3. The molecule has 2 amide bonds. The van der Waals surface area contributed by atoms with E-state index in [0.29, 0.717) is 43.1 Å². The first-order valence-corrected chi connectivity index (χ1v) is 16.0. The number of carbonyl (C=O) groups is 2. The molecule has 0 bridgehead atoms. The summed E-state index contributed by atoms with van der Waals surface area (Å²) in [6.45, 7) is 0. The van der Waals surface area contributed by atoms with Crippen LogP contribution in [0.5, 0.6) is 0 Å². The van der Waals surface area contributed by atoms with Crippen molar-refractivity contribution in [1.29, 1.82) is 0 Å². The molecular weight excluding hydrogens is 639 g/mol. The maximum atomic E-state index is 13.5. The third-order valence-corrected chi connectivity index (χ3v) is 8.70. The van der Waals surface area contributed by atoms with Crippen LogP contribution in [0.25, 0.3) is 11.1 Å². The molecule has 0 unspecified atom stereocenters. The summed E-state index contributed by atoms with van der Waals surface area (Å²) in [5, 5.41) is 5.59. The lowest BCUT2D eigenvalue weighted by Gasteiger charge is -2.12. The molecule has 0 radical (unpaired) electrons. The molecule has 0 aliphatic rings. The number of benzene rings is 4. The van der Waals surface area contributed by atoms with E-state index in [0.717, 1.165) is 27.3 Å². The van der Waals surface area contributed by atoms with Crippen molar-refractivity contribution in [3.63, 3.8) is 0 Å². The number of halogens is 2. The van der Waals surface area contributed by atoms with Crippen LogP contribution in [0.1, 0.15) is 30.5 Å². The molecule has 0 atom stereocenters. The highest BCUT2D eigenvalue weighted by atomic mass is 35.5. The Bertz CT molecular complexity index is 2090. The summed E-state index contributed by atoms with van der Waals surface area (Å²) >= 11 is 8.44. The minimum absolute atomic E-state index is 0.303. The molecule has 0 saturated carbocycles. The lowest BCUT2D eigenvalue weighted by atomic mass is 10.0. The summed E-state index contributed by atoms with van der Waals surface area (Å²) in [5.74, 6) is -0.653. The molecular formula is C36H24ClFN4O2S2. The van der Waals surface area contributed by atoms with E-state index in [-0.39, 0.29) is 16.9 Å². The van der Waals surface area contributed by atoms with E-state index in [4.69, 9.17) is 11.6 Å². The zero-order valence-corrected chi connectivity index (χ0v) is 26.4. The molecule has 0 aliphatic carbocycles. The van der Waals surface area contributed by atoms with Gasteiger partial charge in [-0.3, -0.25) is 19.6 Å². The standard InChI is InChI=1S/C36H24ClFN4O2S2/c37-33-17-14-27(45-33)21-40-32-16-13-24(20-30(32)36(44)41-25-8-2-1-3-9-25)23-7-6-10-26(19-23)42-35(43)29-11-4-5-12-31(29)39-22-28-15-18-34(38)46-28/h1-22H,(H,41,44)(H,42,43). The fraction of sp³-hybridized carbons (Fsp3) is 0. The normalized spacial score (nSPS) is 11.3. The largest absolute Gasteiger partial charge is 0.322 e. The van der Waals surface area contributed by atoms with E-state index in [1.54, 1.807) is 60.8 Å². The number of hydrogen-bond acceptors (Lipinski definition) is 6.